The number of nitrogens with zero attached hydrogens (tertiary/aromatic N) is 3. The van der Waals surface area contributed by atoms with Gasteiger partial charge in [-0.25, -0.2) is 9.97 Å². The summed E-state index contributed by atoms with van der Waals surface area (Å²) >= 11 is 7.19. The number of hydrogen-bond acceptors (Lipinski definition) is 5. The van der Waals surface area contributed by atoms with Crippen molar-refractivity contribution < 1.29 is 9.53 Å². The van der Waals surface area contributed by atoms with Crippen LogP contribution >= 0.6 is 22.9 Å². The third-order valence-electron chi connectivity index (χ3n) is 3.33. The first kappa shape index (κ1) is 14.3. The van der Waals surface area contributed by atoms with Crippen LogP contribution in [0.1, 0.15) is 22.5 Å². The molecule has 0 bridgehead atoms. The van der Waals surface area contributed by atoms with Crippen LogP contribution in [-0.2, 0) is 0 Å². The molecule has 0 saturated carbocycles. The number of amides is 1. The summed E-state index contributed by atoms with van der Waals surface area (Å²) in [5.74, 6) is 0.0429. The summed E-state index contributed by atoms with van der Waals surface area (Å²) in [6.07, 6.45) is 4.93. The number of aromatic nitrogens is 2. The van der Waals surface area contributed by atoms with Crippen molar-refractivity contribution in [3.63, 3.8) is 0 Å². The molecule has 21 heavy (non-hydrogen) atoms. The Morgan fingerprint density at radius 1 is 1.29 bits per heavy atom. The number of hydrogen-bond donors (Lipinski definition) is 0. The van der Waals surface area contributed by atoms with E-state index in [9.17, 15) is 4.79 Å². The molecule has 2 aromatic heterocycles. The van der Waals surface area contributed by atoms with Gasteiger partial charge in [-0.1, -0.05) is 11.6 Å². The lowest BCUT2D eigenvalue weighted by Gasteiger charge is -2.31. The lowest BCUT2D eigenvalue weighted by molar-refractivity contribution is 0.0583. The van der Waals surface area contributed by atoms with Gasteiger partial charge < -0.3 is 9.64 Å². The van der Waals surface area contributed by atoms with Gasteiger partial charge in [-0.05, 0) is 18.2 Å². The van der Waals surface area contributed by atoms with E-state index in [1.807, 2.05) is 4.90 Å². The first-order valence-electron chi connectivity index (χ1n) is 6.70. The zero-order valence-corrected chi connectivity index (χ0v) is 12.8. The topological polar surface area (TPSA) is 55.3 Å². The summed E-state index contributed by atoms with van der Waals surface area (Å²) in [5.41, 5.74) is 0. The highest BCUT2D eigenvalue weighted by atomic mass is 35.5. The SMILES string of the molecule is O=C(c1ccc(Cl)s1)N1CCC(Oc2ncccn2)CC1. The smallest absolute Gasteiger partial charge is 0.316 e. The highest BCUT2D eigenvalue weighted by Crippen LogP contribution is 2.24. The predicted molar refractivity (Wildman–Crippen MR) is 80.9 cm³/mol. The summed E-state index contributed by atoms with van der Waals surface area (Å²) < 4.78 is 6.35. The molecule has 0 aromatic carbocycles. The van der Waals surface area contributed by atoms with Gasteiger partial charge in [0.2, 0.25) is 0 Å². The van der Waals surface area contributed by atoms with Crippen molar-refractivity contribution in [1.29, 1.82) is 0 Å². The Hall–Kier alpha value is -1.66. The fourth-order valence-corrected chi connectivity index (χ4v) is 3.27. The number of carbonyl (C=O) groups is 1. The molecule has 0 N–H and O–H groups in total. The molecule has 3 rings (SSSR count). The Balaban J connectivity index is 1.54. The molecular formula is C14H14ClN3O2S. The van der Waals surface area contributed by atoms with E-state index in [4.69, 9.17) is 16.3 Å². The van der Waals surface area contributed by atoms with Gasteiger partial charge in [0.05, 0.1) is 9.21 Å². The van der Waals surface area contributed by atoms with Crippen molar-refractivity contribution in [2.24, 2.45) is 0 Å². The summed E-state index contributed by atoms with van der Waals surface area (Å²) in [6, 6.07) is 5.67. The maximum Gasteiger partial charge on any atom is 0.316 e. The Kier molecular flexibility index (Phi) is 4.36. The summed E-state index contributed by atoms with van der Waals surface area (Å²) in [6.45, 7) is 1.34. The van der Waals surface area contributed by atoms with Gasteiger partial charge in [0.25, 0.3) is 5.91 Å². The Labute approximate surface area is 131 Å². The third kappa shape index (κ3) is 3.51. The van der Waals surface area contributed by atoms with Crippen LogP contribution in [-0.4, -0.2) is 40.0 Å². The molecule has 0 spiro atoms. The molecule has 0 radical (unpaired) electrons. The quantitative estimate of drug-likeness (QED) is 0.871. The van der Waals surface area contributed by atoms with Crippen molar-refractivity contribution >= 4 is 28.8 Å². The van der Waals surface area contributed by atoms with Crippen molar-refractivity contribution in [3.05, 3.63) is 39.8 Å². The Morgan fingerprint density at radius 3 is 2.62 bits per heavy atom. The number of rotatable bonds is 3. The average Bonchev–Trinajstić information content (AvgIpc) is 2.95. The maximum atomic E-state index is 12.3. The van der Waals surface area contributed by atoms with Crippen molar-refractivity contribution in [2.75, 3.05) is 13.1 Å². The summed E-state index contributed by atoms with van der Waals surface area (Å²) in [5, 5.41) is 0. The molecular weight excluding hydrogens is 310 g/mol. The van der Waals surface area contributed by atoms with E-state index in [0.29, 0.717) is 28.3 Å². The summed E-state index contributed by atoms with van der Waals surface area (Å²) in [7, 11) is 0. The fraction of sp³-hybridized carbons (Fsp3) is 0.357. The van der Waals surface area contributed by atoms with Crippen LogP contribution in [0.4, 0.5) is 0 Å². The predicted octanol–water partition coefficient (Wildman–Crippen LogP) is 2.88. The minimum absolute atomic E-state index is 0.0429. The molecule has 1 fully saturated rings. The number of piperidine rings is 1. The standard InChI is InChI=1S/C14H14ClN3O2S/c15-12-3-2-11(21-12)13(19)18-8-4-10(5-9-18)20-14-16-6-1-7-17-14/h1-3,6-7,10H,4-5,8-9H2. The molecule has 1 amide bonds. The highest BCUT2D eigenvalue weighted by Gasteiger charge is 2.25. The number of likely N-dealkylation sites (tertiary alicyclic amines) is 1. The second-order valence-electron chi connectivity index (χ2n) is 4.74. The lowest BCUT2D eigenvalue weighted by atomic mass is 10.1. The molecule has 2 aromatic rings. The second-order valence-corrected chi connectivity index (χ2v) is 6.46. The number of thiophene rings is 1. The van der Waals surface area contributed by atoms with E-state index in [1.165, 1.54) is 11.3 Å². The van der Waals surface area contributed by atoms with Crippen LogP contribution < -0.4 is 4.74 Å². The van der Waals surface area contributed by atoms with E-state index in [1.54, 1.807) is 30.6 Å². The molecule has 0 atom stereocenters. The van der Waals surface area contributed by atoms with Crippen LogP contribution in [0, 0.1) is 0 Å². The van der Waals surface area contributed by atoms with Crippen LogP contribution in [0.2, 0.25) is 4.34 Å². The number of halogens is 1. The van der Waals surface area contributed by atoms with Gasteiger partial charge in [-0.2, -0.15) is 0 Å². The Morgan fingerprint density at radius 2 is 2.00 bits per heavy atom. The normalized spacial score (nSPS) is 16.0. The van der Waals surface area contributed by atoms with E-state index < -0.39 is 0 Å². The van der Waals surface area contributed by atoms with E-state index in [2.05, 4.69) is 9.97 Å². The van der Waals surface area contributed by atoms with Crippen LogP contribution in [0.3, 0.4) is 0 Å². The van der Waals surface area contributed by atoms with E-state index in [-0.39, 0.29) is 12.0 Å². The monoisotopic (exact) mass is 323 g/mol. The minimum Gasteiger partial charge on any atom is -0.460 e. The van der Waals surface area contributed by atoms with Crippen molar-refractivity contribution in [3.8, 4) is 6.01 Å². The van der Waals surface area contributed by atoms with Gasteiger partial charge in [0.1, 0.15) is 6.10 Å². The molecule has 1 aliphatic rings. The molecule has 7 heteroatoms. The van der Waals surface area contributed by atoms with E-state index >= 15 is 0 Å². The third-order valence-corrected chi connectivity index (χ3v) is 4.55. The maximum absolute atomic E-state index is 12.3. The minimum atomic E-state index is 0.0429. The number of ether oxygens (including phenoxy) is 1. The molecule has 3 heterocycles. The molecule has 1 saturated heterocycles. The van der Waals surface area contributed by atoms with Crippen LogP contribution in [0.15, 0.2) is 30.6 Å². The van der Waals surface area contributed by atoms with Gasteiger partial charge >= 0.3 is 6.01 Å². The summed E-state index contributed by atoms with van der Waals surface area (Å²) in [4.78, 5) is 22.9. The second kappa shape index (κ2) is 6.41. The van der Waals surface area contributed by atoms with Crippen LogP contribution in [0.25, 0.3) is 0 Å². The van der Waals surface area contributed by atoms with Crippen molar-refractivity contribution in [2.45, 2.75) is 18.9 Å². The zero-order valence-electron chi connectivity index (χ0n) is 11.2. The molecule has 0 unspecified atom stereocenters. The molecule has 110 valence electrons. The zero-order chi connectivity index (χ0) is 14.7. The largest absolute Gasteiger partial charge is 0.460 e. The van der Waals surface area contributed by atoms with Crippen LogP contribution in [0.5, 0.6) is 6.01 Å². The molecule has 5 nitrogen and oxygen atoms in total. The van der Waals surface area contributed by atoms with Gasteiger partial charge in [-0.3, -0.25) is 4.79 Å². The van der Waals surface area contributed by atoms with Gasteiger partial charge in [0.15, 0.2) is 0 Å². The average molecular weight is 324 g/mol. The first-order valence-corrected chi connectivity index (χ1v) is 7.90. The molecule has 1 aliphatic heterocycles. The highest BCUT2D eigenvalue weighted by molar-refractivity contribution is 7.17. The van der Waals surface area contributed by atoms with Crippen molar-refractivity contribution in [1.82, 2.24) is 14.9 Å². The first-order chi connectivity index (χ1) is 10.2. The molecule has 0 aliphatic carbocycles. The lowest BCUT2D eigenvalue weighted by Crippen LogP contribution is -2.41. The number of carbonyl (C=O) groups excluding carboxylic acids is 1. The van der Waals surface area contributed by atoms with Gasteiger partial charge in [0, 0.05) is 38.3 Å². The Bertz CT molecular complexity index is 612. The van der Waals surface area contributed by atoms with E-state index in [0.717, 1.165) is 12.8 Å². The fourth-order valence-electron chi connectivity index (χ4n) is 2.26. The van der Waals surface area contributed by atoms with Gasteiger partial charge in [-0.15, -0.1) is 11.3 Å².